The smallest absolute Gasteiger partial charge is 0.150 e. The van der Waals surface area contributed by atoms with Crippen LogP contribution in [-0.2, 0) is 14.6 Å². The van der Waals surface area contributed by atoms with Crippen molar-refractivity contribution in [2.45, 2.75) is 19.3 Å². The highest BCUT2D eigenvalue weighted by Gasteiger charge is 2.23. The molecule has 0 amide bonds. The molecule has 0 bridgehead atoms. The summed E-state index contributed by atoms with van der Waals surface area (Å²) < 4.78 is 22.4. The molecule has 3 nitrogen and oxygen atoms in total. The lowest BCUT2D eigenvalue weighted by Gasteiger charge is -2.20. The van der Waals surface area contributed by atoms with E-state index < -0.39 is 9.84 Å². The summed E-state index contributed by atoms with van der Waals surface area (Å²) >= 11 is 0. The number of carbonyl (C=O) groups excluding carboxylic acids is 1. The molecular weight excluding hydrogens is 188 g/mol. The van der Waals surface area contributed by atoms with Gasteiger partial charge in [0.1, 0.15) is 6.29 Å². The number of hydrogen-bond acceptors (Lipinski definition) is 3. The Morgan fingerprint density at radius 2 is 2.15 bits per heavy atom. The summed E-state index contributed by atoms with van der Waals surface area (Å²) in [5.41, 5.74) is 0. The highest BCUT2D eigenvalue weighted by Crippen LogP contribution is 2.21. The molecule has 1 atom stereocenters. The summed E-state index contributed by atoms with van der Waals surface area (Å²) in [7, 11) is -2.79. The van der Waals surface area contributed by atoms with Crippen LogP contribution >= 0.6 is 0 Å². The van der Waals surface area contributed by atoms with Gasteiger partial charge < -0.3 is 0 Å². The second-order valence-electron chi connectivity index (χ2n) is 3.42. The Balaban J connectivity index is 2.43. The van der Waals surface area contributed by atoms with Gasteiger partial charge in [0.2, 0.25) is 0 Å². The Morgan fingerprint density at radius 3 is 2.77 bits per heavy atom. The number of rotatable bonds is 3. The monoisotopic (exact) mass is 202 g/mol. The van der Waals surface area contributed by atoms with Gasteiger partial charge in [-0.2, -0.15) is 0 Å². The number of hydrogen-bond donors (Lipinski definition) is 0. The fourth-order valence-electron chi connectivity index (χ4n) is 1.63. The summed E-state index contributed by atoms with van der Waals surface area (Å²) in [6.45, 7) is 0. The lowest BCUT2D eigenvalue weighted by molar-refractivity contribution is -0.104. The number of allylic oxidation sites excluding steroid dienone is 2. The Kier molecular flexibility index (Phi) is 3.66. The largest absolute Gasteiger partial charge is 0.299 e. The molecule has 13 heavy (non-hydrogen) atoms. The van der Waals surface area contributed by atoms with Crippen LogP contribution in [0.15, 0.2) is 12.2 Å². The van der Waals surface area contributed by atoms with E-state index in [1.807, 2.05) is 0 Å². The van der Waals surface area contributed by atoms with Crippen molar-refractivity contribution in [3.63, 3.8) is 0 Å². The fraction of sp³-hybridized carbons (Fsp3) is 0.667. The fourth-order valence-corrected chi connectivity index (χ4v) is 3.42. The van der Waals surface area contributed by atoms with E-state index in [1.165, 1.54) is 6.08 Å². The van der Waals surface area contributed by atoms with E-state index in [4.69, 9.17) is 0 Å². The van der Waals surface area contributed by atoms with Gasteiger partial charge in [0.25, 0.3) is 0 Å². The maximum Gasteiger partial charge on any atom is 0.150 e. The standard InChI is InChI=1S/C9H14O3S/c10-6-2-1-4-9-5-3-7-13(11,12)8-9/h1-2,6,9H,3-5,7-8H2/b2-1-. The molecule has 74 valence electrons. The van der Waals surface area contributed by atoms with E-state index in [0.29, 0.717) is 12.2 Å². The van der Waals surface area contributed by atoms with Crippen molar-refractivity contribution in [1.82, 2.24) is 0 Å². The highest BCUT2D eigenvalue weighted by molar-refractivity contribution is 7.91. The normalized spacial score (nSPS) is 27.5. The second-order valence-corrected chi connectivity index (χ2v) is 5.65. The van der Waals surface area contributed by atoms with Crippen LogP contribution in [-0.4, -0.2) is 26.2 Å². The molecule has 0 aromatic rings. The predicted octanol–water partition coefficient (Wildman–Crippen LogP) is 0.956. The first-order valence-corrected chi connectivity index (χ1v) is 6.27. The average Bonchev–Trinajstić information content (AvgIpc) is 2.03. The third-order valence-electron chi connectivity index (χ3n) is 2.24. The minimum Gasteiger partial charge on any atom is -0.299 e. The molecule has 1 fully saturated rings. The molecule has 0 N–H and O–H groups in total. The first-order chi connectivity index (χ1) is 6.14. The van der Waals surface area contributed by atoms with E-state index >= 15 is 0 Å². The van der Waals surface area contributed by atoms with Crippen molar-refractivity contribution < 1.29 is 13.2 Å². The van der Waals surface area contributed by atoms with Crippen LogP contribution in [0.3, 0.4) is 0 Å². The molecule has 1 rings (SSSR count). The van der Waals surface area contributed by atoms with E-state index in [-0.39, 0.29) is 11.7 Å². The van der Waals surface area contributed by atoms with Crippen molar-refractivity contribution >= 4 is 16.1 Å². The summed E-state index contributed by atoms with van der Waals surface area (Å²) in [6, 6.07) is 0. The molecule has 1 saturated heterocycles. The molecule has 0 radical (unpaired) electrons. The van der Waals surface area contributed by atoms with Gasteiger partial charge in [0.05, 0.1) is 11.5 Å². The van der Waals surface area contributed by atoms with Crippen LogP contribution in [0.4, 0.5) is 0 Å². The number of aldehydes is 1. The third kappa shape index (κ3) is 3.72. The molecule has 1 heterocycles. The zero-order valence-electron chi connectivity index (χ0n) is 7.48. The minimum atomic E-state index is -2.79. The molecule has 1 unspecified atom stereocenters. The van der Waals surface area contributed by atoms with Crippen LogP contribution in [0, 0.1) is 5.92 Å². The van der Waals surface area contributed by atoms with Gasteiger partial charge in [-0.3, -0.25) is 4.79 Å². The lowest BCUT2D eigenvalue weighted by atomic mass is 10.0. The summed E-state index contributed by atoms with van der Waals surface area (Å²) in [4.78, 5) is 9.97. The molecule has 0 spiro atoms. The molecular formula is C9H14O3S. The van der Waals surface area contributed by atoms with Crippen molar-refractivity contribution in [1.29, 1.82) is 0 Å². The summed E-state index contributed by atoms with van der Waals surface area (Å²) in [5.74, 6) is 0.840. The van der Waals surface area contributed by atoms with Crippen LogP contribution < -0.4 is 0 Å². The van der Waals surface area contributed by atoms with Gasteiger partial charge in [0, 0.05) is 0 Å². The first kappa shape index (κ1) is 10.4. The molecule has 0 aliphatic carbocycles. The average molecular weight is 202 g/mol. The Morgan fingerprint density at radius 1 is 1.38 bits per heavy atom. The SMILES string of the molecule is O=C/C=C\CC1CCCS(=O)(=O)C1. The third-order valence-corrected chi connectivity index (χ3v) is 4.13. The first-order valence-electron chi connectivity index (χ1n) is 4.45. The maximum absolute atomic E-state index is 11.2. The van der Waals surface area contributed by atoms with Gasteiger partial charge in [0.15, 0.2) is 9.84 Å². The summed E-state index contributed by atoms with van der Waals surface area (Å²) in [6.07, 6.45) is 6.33. The van der Waals surface area contributed by atoms with E-state index in [0.717, 1.165) is 19.1 Å². The topological polar surface area (TPSA) is 51.2 Å². The Labute approximate surface area is 78.8 Å². The quantitative estimate of drug-likeness (QED) is 0.506. The van der Waals surface area contributed by atoms with E-state index in [1.54, 1.807) is 6.08 Å². The molecule has 1 aliphatic heterocycles. The van der Waals surface area contributed by atoms with Crippen molar-refractivity contribution in [2.75, 3.05) is 11.5 Å². The zero-order valence-corrected chi connectivity index (χ0v) is 8.29. The number of sulfone groups is 1. The van der Waals surface area contributed by atoms with E-state index in [2.05, 4.69) is 0 Å². The lowest BCUT2D eigenvalue weighted by Crippen LogP contribution is -2.24. The molecule has 0 aromatic heterocycles. The Hall–Kier alpha value is -0.640. The minimum absolute atomic E-state index is 0.218. The predicted molar refractivity (Wildman–Crippen MR) is 51.2 cm³/mol. The van der Waals surface area contributed by atoms with Crippen molar-refractivity contribution in [3.05, 3.63) is 12.2 Å². The zero-order chi connectivity index (χ0) is 9.73. The second kappa shape index (κ2) is 4.56. The molecule has 1 aliphatic rings. The van der Waals surface area contributed by atoms with Crippen LogP contribution in [0.25, 0.3) is 0 Å². The van der Waals surface area contributed by atoms with Gasteiger partial charge in [-0.15, -0.1) is 0 Å². The van der Waals surface area contributed by atoms with E-state index in [9.17, 15) is 13.2 Å². The van der Waals surface area contributed by atoms with Crippen molar-refractivity contribution in [2.24, 2.45) is 5.92 Å². The van der Waals surface area contributed by atoms with Crippen LogP contribution in [0.1, 0.15) is 19.3 Å². The van der Waals surface area contributed by atoms with Gasteiger partial charge >= 0.3 is 0 Å². The Bertz CT molecular complexity index is 290. The molecule has 0 saturated carbocycles. The van der Waals surface area contributed by atoms with Gasteiger partial charge in [-0.05, 0) is 31.3 Å². The molecule has 0 aromatic carbocycles. The number of carbonyl (C=O) groups is 1. The molecule has 4 heteroatoms. The van der Waals surface area contributed by atoms with Crippen molar-refractivity contribution in [3.8, 4) is 0 Å². The summed E-state index contributed by atoms with van der Waals surface area (Å²) in [5, 5.41) is 0. The van der Waals surface area contributed by atoms with Gasteiger partial charge in [-0.1, -0.05) is 6.08 Å². The van der Waals surface area contributed by atoms with Gasteiger partial charge in [-0.25, -0.2) is 8.42 Å². The maximum atomic E-state index is 11.2. The van der Waals surface area contributed by atoms with Crippen LogP contribution in [0.2, 0.25) is 0 Å². The van der Waals surface area contributed by atoms with Crippen LogP contribution in [0.5, 0.6) is 0 Å². The highest BCUT2D eigenvalue weighted by atomic mass is 32.2.